The third-order valence-electron chi connectivity index (χ3n) is 5.26. The van der Waals surface area contributed by atoms with E-state index in [1.807, 2.05) is 60.9 Å². The van der Waals surface area contributed by atoms with Gasteiger partial charge >= 0.3 is 5.97 Å². The van der Waals surface area contributed by atoms with Gasteiger partial charge in [0.1, 0.15) is 11.4 Å². The fourth-order valence-corrected chi connectivity index (χ4v) is 3.47. The summed E-state index contributed by atoms with van der Waals surface area (Å²) in [4.78, 5) is 11.1. The molecule has 33 heavy (non-hydrogen) atoms. The van der Waals surface area contributed by atoms with Gasteiger partial charge in [-0.15, -0.1) is 10.6 Å². The first-order chi connectivity index (χ1) is 16.1. The van der Waals surface area contributed by atoms with E-state index in [1.165, 1.54) is 0 Å². The van der Waals surface area contributed by atoms with Crippen LogP contribution in [0.2, 0.25) is 0 Å². The number of nitrogens with zero attached hydrogens (tertiary/aromatic N) is 4. The second-order valence-corrected chi connectivity index (χ2v) is 7.33. The fraction of sp³-hybridized carbons (Fsp3) is 0.0417. The number of methoxy groups -OCH3 is 1. The number of hydrogen-bond acceptors (Lipinski definition) is 7. The molecule has 9 nitrogen and oxygen atoms in total. The molecule has 4 aromatic rings. The van der Waals surface area contributed by atoms with Crippen molar-refractivity contribution in [1.82, 2.24) is 26.0 Å². The summed E-state index contributed by atoms with van der Waals surface area (Å²) in [5.74, 6) is -0.171. The van der Waals surface area contributed by atoms with Gasteiger partial charge in [-0.1, -0.05) is 23.4 Å². The average Bonchev–Trinajstić information content (AvgIpc) is 3.55. The molecule has 2 heterocycles. The minimum atomic E-state index is -0.953. The molecule has 0 bridgehead atoms. The molecule has 0 amide bonds. The lowest BCUT2D eigenvalue weighted by atomic mass is 10.1. The molecule has 1 aliphatic rings. The highest BCUT2D eigenvalue weighted by Gasteiger charge is 2.16. The number of carbonyl (C=O) groups is 1. The number of hydrogen-bond donors (Lipinski definition) is 3. The lowest BCUT2D eigenvalue weighted by molar-refractivity contribution is 0.0697. The Balaban J connectivity index is 1.37. The number of hydrazine groups is 2. The molecule has 3 aromatic carbocycles. The van der Waals surface area contributed by atoms with Crippen molar-refractivity contribution in [3.63, 3.8) is 0 Å². The van der Waals surface area contributed by atoms with Gasteiger partial charge in [-0.25, -0.2) is 9.48 Å². The summed E-state index contributed by atoms with van der Waals surface area (Å²) < 4.78 is 6.92. The minimum absolute atomic E-state index is 0.241. The van der Waals surface area contributed by atoms with Crippen molar-refractivity contribution in [1.29, 1.82) is 0 Å². The van der Waals surface area contributed by atoms with E-state index in [2.05, 4.69) is 21.3 Å². The maximum absolute atomic E-state index is 11.1. The fourth-order valence-electron chi connectivity index (χ4n) is 3.47. The van der Waals surface area contributed by atoms with Crippen LogP contribution >= 0.6 is 0 Å². The van der Waals surface area contributed by atoms with Crippen molar-refractivity contribution < 1.29 is 14.6 Å². The molecule has 0 radical (unpaired) electrons. The zero-order valence-electron chi connectivity index (χ0n) is 17.6. The SMILES string of the molecule is COc1ccc(-n2cc(-c3cccc(C4=CN(c5ccc(C(=O)O)cc5)NN4)c3)nn2)cc1. The topological polar surface area (TPSA) is 105 Å². The number of benzene rings is 3. The van der Waals surface area contributed by atoms with Crippen molar-refractivity contribution >= 4 is 17.4 Å². The highest BCUT2D eigenvalue weighted by atomic mass is 16.5. The molecular formula is C24H20N6O3. The molecule has 164 valence electrons. The van der Waals surface area contributed by atoms with E-state index in [1.54, 1.807) is 41.1 Å². The van der Waals surface area contributed by atoms with Crippen LogP contribution in [0.15, 0.2) is 85.2 Å². The number of nitrogens with one attached hydrogen (secondary N) is 2. The molecule has 0 spiro atoms. The monoisotopic (exact) mass is 440 g/mol. The Morgan fingerprint density at radius 3 is 2.42 bits per heavy atom. The van der Waals surface area contributed by atoms with Gasteiger partial charge in [0.05, 0.1) is 35.9 Å². The van der Waals surface area contributed by atoms with Crippen molar-refractivity contribution in [3.05, 3.63) is 96.3 Å². The Hall–Kier alpha value is -4.63. The van der Waals surface area contributed by atoms with Crippen LogP contribution in [0, 0.1) is 0 Å². The first-order valence-electron chi connectivity index (χ1n) is 10.1. The summed E-state index contributed by atoms with van der Waals surface area (Å²) >= 11 is 0. The Bertz CT molecular complexity index is 1330. The van der Waals surface area contributed by atoms with E-state index in [9.17, 15) is 4.79 Å². The van der Waals surface area contributed by atoms with Gasteiger partial charge in [0.2, 0.25) is 0 Å². The van der Waals surface area contributed by atoms with Gasteiger partial charge < -0.3 is 15.3 Å². The zero-order chi connectivity index (χ0) is 22.8. The van der Waals surface area contributed by atoms with E-state index in [0.29, 0.717) is 0 Å². The van der Waals surface area contributed by atoms with Gasteiger partial charge in [0.25, 0.3) is 0 Å². The van der Waals surface area contributed by atoms with E-state index in [-0.39, 0.29) is 5.56 Å². The van der Waals surface area contributed by atoms with Crippen LogP contribution < -0.4 is 20.7 Å². The highest BCUT2D eigenvalue weighted by molar-refractivity contribution is 5.88. The predicted octanol–water partition coefficient (Wildman–Crippen LogP) is 3.47. The standard InChI is InChI=1S/C24H20N6O3/c1-33-21-11-9-20(10-12-21)30-15-23(26-28-30)18-4-2-3-17(13-18)22-14-29(27-25-22)19-7-5-16(6-8-19)24(31)32/h2-15,25,27H,1H3,(H,31,32). The predicted molar refractivity (Wildman–Crippen MR) is 123 cm³/mol. The quantitative estimate of drug-likeness (QED) is 0.419. The van der Waals surface area contributed by atoms with Crippen molar-refractivity contribution in [3.8, 4) is 22.7 Å². The van der Waals surface area contributed by atoms with E-state index < -0.39 is 5.97 Å². The minimum Gasteiger partial charge on any atom is -0.497 e. The maximum Gasteiger partial charge on any atom is 0.335 e. The van der Waals surface area contributed by atoms with Crippen molar-refractivity contribution in [2.45, 2.75) is 0 Å². The van der Waals surface area contributed by atoms with Crippen LogP contribution in [0.3, 0.4) is 0 Å². The van der Waals surface area contributed by atoms with Crippen LogP contribution in [0.5, 0.6) is 5.75 Å². The summed E-state index contributed by atoms with van der Waals surface area (Å²) in [5.41, 5.74) is 11.7. The molecule has 1 aliphatic heterocycles. The summed E-state index contributed by atoms with van der Waals surface area (Å²) in [7, 11) is 1.63. The van der Waals surface area contributed by atoms with Gasteiger partial charge in [-0.05, 0) is 54.6 Å². The van der Waals surface area contributed by atoms with Gasteiger partial charge in [0.15, 0.2) is 0 Å². The van der Waals surface area contributed by atoms with E-state index in [4.69, 9.17) is 9.84 Å². The smallest absolute Gasteiger partial charge is 0.335 e. The Morgan fingerprint density at radius 2 is 1.70 bits per heavy atom. The average molecular weight is 440 g/mol. The summed E-state index contributed by atoms with van der Waals surface area (Å²) in [5, 5.41) is 19.4. The molecular weight excluding hydrogens is 420 g/mol. The summed E-state index contributed by atoms with van der Waals surface area (Å²) in [6, 6.07) is 22.2. The lowest BCUT2D eigenvalue weighted by Crippen LogP contribution is -2.36. The van der Waals surface area contributed by atoms with Crippen LogP contribution in [0.1, 0.15) is 15.9 Å². The first kappa shape index (κ1) is 20.3. The number of anilines is 1. The third kappa shape index (κ3) is 4.12. The number of aromatic nitrogens is 3. The molecule has 3 N–H and O–H groups in total. The maximum atomic E-state index is 11.1. The number of rotatable bonds is 6. The Kier molecular flexibility index (Phi) is 5.21. The van der Waals surface area contributed by atoms with Crippen molar-refractivity contribution in [2.24, 2.45) is 0 Å². The van der Waals surface area contributed by atoms with Gasteiger partial charge in [-0.2, -0.15) is 0 Å². The van der Waals surface area contributed by atoms with Gasteiger partial charge in [-0.3, -0.25) is 5.01 Å². The number of carboxylic acids is 1. The normalized spacial score (nSPS) is 12.9. The second-order valence-electron chi connectivity index (χ2n) is 7.33. The number of ether oxygens (including phenoxy) is 1. The van der Waals surface area contributed by atoms with Gasteiger partial charge in [0, 0.05) is 17.3 Å². The summed E-state index contributed by atoms with van der Waals surface area (Å²) in [6.07, 6.45) is 3.79. The highest BCUT2D eigenvalue weighted by Crippen LogP contribution is 2.25. The number of carboxylic acid groups (broad SMARTS) is 1. The first-order valence-corrected chi connectivity index (χ1v) is 10.1. The summed E-state index contributed by atoms with van der Waals surface area (Å²) in [6.45, 7) is 0. The molecule has 0 unspecified atom stereocenters. The molecule has 0 saturated carbocycles. The lowest BCUT2D eigenvalue weighted by Gasteiger charge is -2.14. The Morgan fingerprint density at radius 1 is 0.970 bits per heavy atom. The zero-order valence-corrected chi connectivity index (χ0v) is 17.6. The van der Waals surface area contributed by atoms with E-state index >= 15 is 0 Å². The third-order valence-corrected chi connectivity index (χ3v) is 5.26. The second kappa shape index (κ2) is 8.48. The molecule has 0 fully saturated rings. The Labute approximate surface area is 189 Å². The van der Waals surface area contributed by atoms with Crippen LogP contribution in [0.4, 0.5) is 5.69 Å². The van der Waals surface area contributed by atoms with Crippen LogP contribution in [-0.4, -0.2) is 33.2 Å². The molecule has 0 saturated heterocycles. The van der Waals surface area contributed by atoms with E-state index in [0.717, 1.165) is 39.6 Å². The molecule has 1 aromatic heterocycles. The van der Waals surface area contributed by atoms with Crippen LogP contribution in [-0.2, 0) is 0 Å². The number of aromatic carboxylic acids is 1. The molecule has 0 atom stereocenters. The molecule has 0 aliphatic carbocycles. The largest absolute Gasteiger partial charge is 0.497 e. The van der Waals surface area contributed by atoms with Crippen LogP contribution in [0.25, 0.3) is 22.6 Å². The molecule has 5 rings (SSSR count). The molecule has 9 heteroatoms. The van der Waals surface area contributed by atoms with Crippen molar-refractivity contribution in [2.75, 3.05) is 12.1 Å².